The van der Waals surface area contributed by atoms with Gasteiger partial charge < -0.3 is 16.4 Å². The third-order valence-electron chi connectivity index (χ3n) is 4.65. The van der Waals surface area contributed by atoms with Gasteiger partial charge in [-0.15, -0.1) is 0 Å². The van der Waals surface area contributed by atoms with Crippen molar-refractivity contribution in [1.29, 1.82) is 0 Å². The minimum Gasteiger partial charge on any atom is -0.383 e. The maximum atomic E-state index is 13.2. The van der Waals surface area contributed by atoms with Crippen LogP contribution in [0.15, 0.2) is 23.2 Å². The summed E-state index contributed by atoms with van der Waals surface area (Å²) in [5.41, 5.74) is 10.7. The fraction of sp³-hybridized carbons (Fsp3) is 0.556. The van der Waals surface area contributed by atoms with E-state index in [2.05, 4.69) is 4.99 Å². The fourth-order valence-corrected chi connectivity index (χ4v) is 3.28. The molecule has 0 aromatic heterocycles. The lowest BCUT2D eigenvalue weighted by molar-refractivity contribution is -0.137. The molecule has 0 heterocycles. The molecule has 1 fully saturated rings. The highest BCUT2D eigenvalue weighted by Gasteiger charge is 2.32. The number of carbonyl (C=O) groups is 1. The Labute approximate surface area is 151 Å². The number of carbonyl (C=O) groups excluding carboxylic acids is 1. The molecule has 0 spiro atoms. The zero-order chi connectivity index (χ0) is 19.3. The van der Waals surface area contributed by atoms with E-state index >= 15 is 0 Å². The van der Waals surface area contributed by atoms with Gasteiger partial charge in [-0.2, -0.15) is 13.2 Å². The minimum absolute atomic E-state index is 0.00700. The van der Waals surface area contributed by atoms with E-state index in [4.69, 9.17) is 11.5 Å². The monoisotopic (exact) mass is 370 g/mol. The molecule has 2 rings (SSSR count). The van der Waals surface area contributed by atoms with Crippen LogP contribution < -0.4 is 11.5 Å². The molecule has 0 atom stereocenters. The molecule has 1 aromatic carbocycles. The number of benzene rings is 1. The molecule has 144 valence electrons. The Morgan fingerprint density at radius 3 is 2.46 bits per heavy atom. The topological polar surface area (TPSA) is 84.7 Å². The van der Waals surface area contributed by atoms with E-state index in [0.29, 0.717) is 12.1 Å². The molecule has 4 N–H and O–H groups in total. The summed E-state index contributed by atoms with van der Waals surface area (Å²) in [7, 11) is 0. The van der Waals surface area contributed by atoms with Crippen molar-refractivity contribution in [2.45, 2.75) is 45.3 Å². The van der Waals surface area contributed by atoms with Crippen LogP contribution in [-0.4, -0.2) is 29.9 Å². The summed E-state index contributed by atoms with van der Waals surface area (Å²) in [5.74, 6) is -0.0679. The third kappa shape index (κ3) is 4.97. The average molecular weight is 370 g/mol. The molecule has 8 heteroatoms. The zero-order valence-electron chi connectivity index (χ0n) is 14.9. The second-order valence-electron chi connectivity index (χ2n) is 6.48. The highest BCUT2D eigenvalue weighted by atomic mass is 19.4. The predicted molar refractivity (Wildman–Crippen MR) is 94.3 cm³/mol. The lowest BCUT2D eigenvalue weighted by atomic mass is 10.0. The Hall–Kier alpha value is -2.09. The molecule has 1 saturated carbocycles. The zero-order valence-corrected chi connectivity index (χ0v) is 14.9. The Kier molecular flexibility index (Phi) is 6.63. The number of halogens is 3. The van der Waals surface area contributed by atoms with Gasteiger partial charge in [-0.05, 0) is 43.5 Å². The van der Waals surface area contributed by atoms with Crippen LogP contribution in [0.1, 0.15) is 49.3 Å². The maximum absolute atomic E-state index is 13.2. The number of amidine groups is 1. The van der Waals surface area contributed by atoms with E-state index in [-0.39, 0.29) is 36.4 Å². The molecule has 5 nitrogen and oxygen atoms in total. The van der Waals surface area contributed by atoms with E-state index in [1.807, 2.05) is 6.92 Å². The third-order valence-corrected chi connectivity index (χ3v) is 4.65. The standard InChI is InChI=1S/C18H25F3N4O/c1-2-25(17(26)13-5-3-4-6-13)10-12-7-14(16(23)24-11-22)9-15(8-12)18(19,20)21/h7-9,13H,2-6,10-11,22H2,1H3,(H2,23,24). The summed E-state index contributed by atoms with van der Waals surface area (Å²) in [4.78, 5) is 18.0. The van der Waals surface area contributed by atoms with Crippen molar-refractivity contribution in [3.63, 3.8) is 0 Å². The lowest BCUT2D eigenvalue weighted by Gasteiger charge is -2.25. The summed E-state index contributed by atoms with van der Waals surface area (Å²) < 4.78 is 39.7. The summed E-state index contributed by atoms with van der Waals surface area (Å²) >= 11 is 0. The summed E-state index contributed by atoms with van der Waals surface area (Å²) in [6.07, 6.45) is -0.777. The van der Waals surface area contributed by atoms with Crippen molar-refractivity contribution >= 4 is 11.7 Å². The lowest BCUT2D eigenvalue weighted by Crippen LogP contribution is -2.34. The molecular weight excluding hydrogens is 345 g/mol. The van der Waals surface area contributed by atoms with Crippen molar-refractivity contribution in [3.8, 4) is 0 Å². The largest absolute Gasteiger partial charge is 0.416 e. The number of hydrogen-bond acceptors (Lipinski definition) is 3. The molecule has 0 bridgehead atoms. The molecule has 1 aliphatic carbocycles. The first kappa shape index (κ1) is 20.2. The first-order chi connectivity index (χ1) is 12.3. The Morgan fingerprint density at radius 2 is 1.92 bits per heavy atom. The Balaban J connectivity index is 2.32. The van der Waals surface area contributed by atoms with Crippen LogP contribution >= 0.6 is 0 Å². The molecule has 0 unspecified atom stereocenters. The van der Waals surface area contributed by atoms with Gasteiger partial charge in [0.25, 0.3) is 0 Å². The van der Waals surface area contributed by atoms with Crippen molar-refractivity contribution in [1.82, 2.24) is 4.90 Å². The quantitative estimate of drug-likeness (QED) is 0.596. The van der Waals surface area contributed by atoms with Crippen molar-refractivity contribution in [2.75, 3.05) is 13.2 Å². The molecule has 1 aromatic rings. The molecule has 1 aliphatic rings. The Morgan fingerprint density at radius 1 is 1.27 bits per heavy atom. The second kappa shape index (κ2) is 8.53. The highest BCUT2D eigenvalue weighted by molar-refractivity contribution is 5.97. The van der Waals surface area contributed by atoms with E-state index in [1.54, 1.807) is 4.90 Å². The van der Waals surface area contributed by atoms with E-state index in [0.717, 1.165) is 37.8 Å². The SMILES string of the molecule is CCN(Cc1cc(/C(N)=N/CN)cc(C(F)(F)F)c1)C(=O)C1CCCC1. The van der Waals surface area contributed by atoms with E-state index in [1.165, 1.54) is 6.07 Å². The predicted octanol–water partition coefficient (Wildman–Crippen LogP) is 2.87. The number of nitrogens with zero attached hydrogens (tertiary/aromatic N) is 2. The van der Waals surface area contributed by atoms with Crippen LogP contribution in [-0.2, 0) is 17.5 Å². The smallest absolute Gasteiger partial charge is 0.383 e. The Bertz CT molecular complexity index is 667. The van der Waals surface area contributed by atoms with Crippen LogP contribution in [0.4, 0.5) is 13.2 Å². The van der Waals surface area contributed by atoms with Gasteiger partial charge in [-0.3, -0.25) is 9.79 Å². The van der Waals surface area contributed by atoms with Crippen LogP contribution in [0.3, 0.4) is 0 Å². The molecular formula is C18H25F3N4O. The number of alkyl halides is 3. The fourth-order valence-electron chi connectivity index (χ4n) is 3.28. The van der Waals surface area contributed by atoms with Gasteiger partial charge in [0.05, 0.1) is 12.2 Å². The van der Waals surface area contributed by atoms with Crippen molar-refractivity contribution in [3.05, 3.63) is 34.9 Å². The van der Waals surface area contributed by atoms with Gasteiger partial charge >= 0.3 is 6.18 Å². The van der Waals surface area contributed by atoms with E-state index in [9.17, 15) is 18.0 Å². The van der Waals surface area contributed by atoms with Crippen LogP contribution in [0, 0.1) is 5.92 Å². The van der Waals surface area contributed by atoms with Gasteiger partial charge in [-0.25, -0.2) is 0 Å². The van der Waals surface area contributed by atoms with Gasteiger partial charge in [0.2, 0.25) is 5.91 Å². The first-order valence-corrected chi connectivity index (χ1v) is 8.76. The molecule has 26 heavy (non-hydrogen) atoms. The summed E-state index contributed by atoms with van der Waals surface area (Å²) in [6, 6.07) is 3.55. The van der Waals surface area contributed by atoms with Gasteiger partial charge in [0.1, 0.15) is 5.84 Å². The van der Waals surface area contributed by atoms with Crippen LogP contribution in [0.25, 0.3) is 0 Å². The van der Waals surface area contributed by atoms with Crippen molar-refractivity contribution in [2.24, 2.45) is 22.4 Å². The van der Waals surface area contributed by atoms with Gasteiger partial charge in [0.15, 0.2) is 0 Å². The van der Waals surface area contributed by atoms with E-state index < -0.39 is 11.7 Å². The number of amides is 1. The molecule has 0 saturated heterocycles. The normalized spacial score (nSPS) is 16.1. The minimum atomic E-state index is -4.51. The molecule has 0 aliphatic heterocycles. The van der Waals surface area contributed by atoms with Crippen LogP contribution in [0.2, 0.25) is 0 Å². The van der Waals surface area contributed by atoms with Gasteiger partial charge in [0, 0.05) is 24.6 Å². The number of nitrogens with two attached hydrogens (primary N) is 2. The highest BCUT2D eigenvalue weighted by Crippen LogP contribution is 2.32. The summed E-state index contributed by atoms with van der Waals surface area (Å²) in [6.45, 7) is 2.26. The number of hydrogen-bond donors (Lipinski definition) is 2. The van der Waals surface area contributed by atoms with Crippen LogP contribution in [0.5, 0.6) is 0 Å². The van der Waals surface area contributed by atoms with Crippen molar-refractivity contribution < 1.29 is 18.0 Å². The first-order valence-electron chi connectivity index (χ1n) is 8.76. The number of rotatable bonds is 6. The second-order valence-corrected chi connectivity index (χ2v) is 6.48. The molecule has 1 amide bonds. The number of aliphatic imine (C=N–C) groups is 1. The maximum Gasteiger partial charge on any atom is 0.416 e. The average Bonchev–Trinajstić information content (AvgIpc) is 3.13. The molecule has 0 radical (unpaired) electrons. The van der Waals surface area contributed by atoms with Gasteiger partial charge in [-0.1, -0.05) is 12.8 Å². The summed E-state index contributed by atoms with van der Waals surface area (Å²) in [5, 5.41) is 0.